The Hall–Kier alpha value is -1.47. The van der Waals surface area contributed by atoms with Crippen molar-refractivity contribution in [2.75, 3.05) is 0 Å². The number of hydrogen-bond acceptors (Lipinski definition) is 1. The Morgan fingerprint density at radius 2 is 1.86 bits per heavy atom. The second-order valence-corrected chi connectivity index (χ2v) is 3.18. The fourth-order valence-electron chi connectivity index (χ4n) is 1.09. The van der Waals surface area contributed by atoms with Crippen LogP contribution in [0.15, 0.2) is 48.5 Å². The van der Waals surface area contributed by atoms with Crippen molar-refractivity contribution in [3.8, 4) is 11.5 Å². The van der Waals surface area contributed by atoms with Gasteiger partial charge < -0.3 is 4.74 Å². The van der Waals surface area contributed by atoms with Gasteiger partial charge in [0.15, 0.2) is 0 Å². The Kier molecular flexibility index (Phi) is 2.70. The molecule has 1 radical (unpaired) electrons. The van der Waals surface area contributed by atoms with Crippen LogP contribution in [-0.4, -0.2) is 0 Å². The summed E-state index contributed by atoms with van der Waals surface area (Å²) in [6.07, 6.45) is 0. The summed E-state index contributed by atoms with van der Waals surface area (Å²) in [5, 5.41) is 0.566. The molecule has 0 amide bonds. The van der Waals surface area contributed by atoms with Crippen molar-refractivity contribution < 1.29 is 4.74 Å². The van der Waals surface area contributed by atoms with Crippen LogP contribution in [0.1, 0.15) is 0 Å². The summed E-state index contributed by atoms with van der Waals surface area (Å²) < 4.78 is 5.56. The van der Waals surface area contributed by atoms with Crippen LogP contribution in [0.2, 0.25) is 5.02 Å². The fourth-order valence-corrected chi connectivity index (χ4v) is 1.26. The maximum Gasteiger partial charge on any atom is 0.146 e. The first-order valence-electron chi connectivity index (χ1n) is 4.25. The number of halogens is 1. The molecule has 69 valence electrons. The molecular weight excluding hydrogens is 196 g/mol. The van der Waals surface area contributed by atoms with Crippen molar-refractivity contribution >= 4 is 11.6 Å². The zero-order valence-electron chi connectivity index (χ0n) is 7.41. The van der Waals surface area contributed by atoms with Gasteiger partial charge in [-0.3, -0.25) is 0 Å². The summed E-state index contributed by atoms with van der Waals surface area (Å²) in [4.78, 5) is 0. The van der Waals surface area contributed by atoms with E-state index in [0.717, 1.165) is 5.75 Å². The first-order chi connectivity index (χ1) is 6.86. The fraction of sp³-hybridized carbons (Fsp3) is 0. The number of hydrogen-bond donors (Lipinski definition) is 0. The van der Waals surface area contributed by atoms with Crippen molar-refractivity contribution in [1.82, 2.24) is 0 Å². The molecule has 0 N–H and O–H groups in total. The maximum absolute atomic E-state index is 5.92. The van der Waals surface area contributed by atoms with Crippen molar-refractivity contribution in [1.29, 1.82) is 0 Å². The molecule has 0 atom stereocenters. The summed E-state index contributed by atoms with van der Waals surface area (Å²) in [5.74, 6) is 1.43. The average Bonchev–Trinajstić information content (AvgIpc) is 2.23. The average molecular weight is 204 g/mol. The molecule has 0 bridgehead atoms. The van der Waals surface area contributed by atoms with Crippen LogP contribution in [0.3, 0.4) is 0 Å². The van der Waals surface area contributed by atoms with Crippen molar-refractivity contribution in [3.05, 3.63) is 59.6 Å². The SMILES string of the molecule is Clc1c[c]ccc1Oc1ccccc1. The van der Waals surface area contributed by atoms with Crippen molar-refractivity contribution in [2.24, 2.45) is 0 Å². The lowest BCUT2D eigenvalue weighted by molar-refractivity contribution is 0.483. The van der Waals surface area contributed by atoms with Gasteiger partial charge >= 0.3 is 0 Å². The first kappa shape index (κ1) is 9.10. The van der Waals surface area contributed by atoms with Gasteiger partial charge in [0.25, 0.3) is 0 Å². The topological polar surface area (TPSA) is 9.23 Å². The monoisotopic (exact) mass is 203 g/mol. The van der Waals surface area contributed by atoms with Gasteiger partial charge in [-0.1, -0.05) is 35.9 Å². The van der Waals surface area contributed by atoms with Gasteiger partial charge in [0.05, 0.1) is 5.02 Å². The second kappa shape index (κ2) is 4.16. The standard InChI is InChI=1S/C12H8ClO/c13-11-8-4-5-9-12(11)14-10-6-2-1-3-7-10/h1-3,5-9H. The molecular formula is C12H8ClO. The number of ether oxygens (including phenoxy) is 1. The van der Waals surface area contributed by atoms with Crippen molar-refractivity contribution in [3.63, 3.8) is 0 Å². The Balaban J connectivity index is 2.24. The highest BCUT2D eigenvalue weighted by Crippen LogP contribution is 2.28. The second-order valence-electron chi connectivity index (χ2n) is 2.77. The zero-order chi connectivity index (χ0) is 9.80. The molecule has 0 aliphatic heterocycles. The Morgan fingerprint density at radius 1 is 1.07 bits per heavy atom. The smallest absolute Gasteiger partial charge is 0.146 e. The lowest BCUT2D eigenvalue weighted by atomic mass is 10.3. The number of benzene rings is 2. The van der Waals surface area contributed by atoms with Gasteiger partial charge in [-0.05, 0) is 30.3 Å². The normalized spacial score (nSPS) is 9.79. The molecule has 2 rings (SSSR count). The van der Waals surface area contributed by atoms with Crippen LogP contribution in [-0.2, 0) is 0 Å². The van der Waals surface area contributed by atoms with Crippen LogP contribution in [0.5, 0.6) is 11.5 Å². The van der Waals surface area contributed by atoms with Gasteiger partial charge in [-0.15, -0.1) is 0 Å². The molecule has 2 aromatic rings. The van der Waals surface area contributed by atoms with E-state index in [0.29, 0.717) is 10.8 Å². The summed E-state index contributed by atoms with van der Waals surface area (Å²) in [7, 11) is 0. The largest absolute Gasteiger partial charge is 0.456 e. The Morgan fingerprint density at radius 3 is 2.57 bits per heavy atom. The van der Waals surface area contributed by atoms with Crippen LogP contribution in [0, 0.1) is 6.07 Å². The Bertz CT molecular complexity index is 412. The minimum absolute atomic E-state index is 0.566. The highest BCUT2D eigenvalue weighted by Gasteiger charge is 2.00. The van der Waals surface area contributed by atoms with Gasteiger partial charge in [0, 0.05) is 0 Å². The number of para-hydroxylation sites is 1. The lowest BCUT2D eigenvalue weighted by Gasteiger charge is -2.05. The minimum atomic E-state index is 0.566. The summed E-state index contributed by atoms with van der Waals surface area (Å²) in [5.41, 5.74) is 0. The summed E-state index contributed by atoms with van der Waals surface area (Å²) in [6, 6.07) is 17.6. The summed E-state index contributed by atoms with van der Waals surface area (Å²) >= 11 is 5.92. The third-order valence-electron chi connectivity index (χ3n) is 1.75. The third-order valence-corrected chi connectivity index (χ3v) is 2.04. The predicted octanol–water partition coefficient (Wildman–Crippen LogP) is 3.93. The van der Waals surface area contributed by atoms with E-state index in [1.54, 1.807) is 18.2 Å². The maximum atomic E-state index is 5.92. The molecule has 0 aromatic heterocycles. The van der Waals surface area contributed by atoms with Gasteiger partial charge in [0.2, 0.25) is 0 Å². The van der Waals surface area contributed by atoms with Crippen LogP contribution in [0.4, 0.5) is 0 Å². The van der Waals surface area contributed by atoms with E-state index in [1.807, 2.05) is 30.3 Å². The molecule has 2 aromatic carbocycles. The van der Waals surface area contributed by atoms with Crippen molar-refractivity contribution in [2.45, 2.75) is 0 Å². The molecule has 0 saturated carbocycles. The first-order valence-corrected chi connectivity index (χ1v) is 4.62. The molecule has 2 heteroatoms. The van der Waals surface area contributed by atoms with E-state index < -0.39 is 0 Å². The molecule has 14 heavy (non-hydrogen) atoms. The van der Waals surface area contributed by atoms with Crippen LogP contribution in [0.25, 0.3) is 0 Å². The highest BCUT2D eigenvalue weighted by molar-refractivity contribution is 6.32. The Labute approximate surface area is 87.9 Å². The quantitative estimate of drug-likeness (QED) is 0.719. The van der Waals surface area contributed by atoms with Gasteiger partial charge in [-0.25, -0.2) is 0 Å². The van der Waals surface area contributed by atoms with E-state index in [9.17, 15) is 0 Å². The minimum Gasteiger partial charge on any atom is -0.456 e. The van der Waals surface area contributed by atoms with E-state index >= 15 is 0 Å². The van der Waals surface area contributed by atoms with E-state index in [4.69, 9.17) is 16.3 Å². The third kappa shape index (κ3) is 2.06. The van der Waals surface area contributed by atoms with Crippen LogP contribution < -0.4 is 4.74 Å². The van der Waals surface area contributed by atoms with E-state index in [2.05, 4.69) is 6.07 Å². The molecule has 0 spiro atoms. The molecule has 0 aliphatic rings. The molecule has 0 saturated heterocycles. The zero-order valence-corrected chi connectivity index (χ0v) is 8.16. The molecule has 0 aliphatic carbocycles. The summed E-state index contributed by atoms with van der Waals surface area (Å²) in [6.45, 7) is 0. The molecule has 1 nitrogen and oxygen atoms in total. The predicted molar refractivity (Wildman–Crippen MR) is 56.8 cm³/mol. The lowest BCUT2D eigenvalue weighted by Crippen LogP contribution is -1.83. The van der Waals surface area contributed by atoms with Gasteiger partial charge in [0.1, 0.15) is 11.5 Å². The van der Waals surface area contributed by atoms with E-state index in [1.165, 1.54) is 0 Å². The molecule has 0 heterocycles. The van der Waals surface area contributed by atoms with E-state index in [-0.39, 0.29) is 0 Å². The highest BCUT2D eigenvalue weighted by atomic mass is 35.5. The number of rotatable bonds is 2. The molecule has 0 fully saturated rings. The van der Waals surface area contributed by atoms with Crippen LogP contribution >= 0.6 is 11.6 Å². The molecule has 0 unspecified atom stereocenters. The van der Waals surface area contributed by atoms with Gasteiger partial charge in [-0.2, -0.15) is 0 Å².